The molecule has 210 valence electrons. The topological polar surface area (TPSA) is 118 Å². The van der Waals surface area contributed by atoms with E-state index in [1.165, 1.54) is 19.2 Å². The molecule has 16 heteroatoms. The van der Waals surface area contributed by atoms with Crippen LogP contribution in [0.1, 0.15) is 34.6 Å². The zero-order chi connectivity index (χ0) is 28.2. The zero-order valence-corrected chi connectivity index (χ0v) is 20.4. The molecule has 3 aromatic heterocycles. The average molecular weight is 559 g/mol. The highest BCUT2D eigenvalue weighted by atomic mass is 19.4. The van der Waals surface area contributed by atoms with Crippen molar-refractivity contribution in [1.29, 1.82) is 0 Å². The summed E-state index contributed by atoms with van der Waals surface area (Å²) in [5.41, 5.74) is -0.657. The highest BCUT2D eigenvalue weighted by Crippen LogP contribution is 2.29. The number of carbonyl (C=O) groups is 1. The molecule has 1 aliphatic rings. The number of carbonyl (C=O) groups excluding carboxylic acids is 1. The van der Waals surface area contributed by atoms with E-state index in [1.54, 1.807) is 11.0 Å². The molecule has 0 aliphatic carbocycles. The van der Waals surface area contributed by atoms with Crippen LogP contribution in [0.2, 0.25) is 0 Å². The quantitative estimate of drug-likeness (QED) is 0.355. The number of hydrogen-bond donors (Lipinski definition) is 2. The van der Waals surface area contributed by atoms with Gasteiger partial charge in [-0.2, -0.15) is 26.3 Å². The summed E-state index contributed by atoms with van der Waals surface area (Å²) in [6.07, 6.45) is -6.21. The number of halogens is 6. The molecule has 4 heterocycles. The molecule has 0 spiro atoms. The van der Waals surface area contributed by atoms with Gasteiger partial charge in [0.25, 0.3) is 5.91 Å². The van der Waals surface area contributed by atoms with Crippen LogP contribution >= 0.6 is 0 Å². The summed E-state index contributed by atoms with van der Waals surface area (Å²) in [5, 5.41) is 8.92. The molecular weight excluding hydrogens is 536 g/mol. The molecule has 0 aromatic carbocycles. The lowest BCUT2D eigenvalue weighted by molar-refractivity contribution is -0.141. The SMILES string of the molecule is Cc1noc(Nc2cnc(C(F)(F)F)cn2)c1C(=O)Nc1ccc(OC[C@@H]2CCN(CCC(F)(F)F)C2)nc1. The van der Waals surface area contributed by atoms with Crippen LogP contribution in [-0.2, 0) is 6.18 Å². The fraction of sp³-hybridized carbons (Fsp3) is 0.435. The summed E-state index contributed by atoms with van der Waals surface area (Å²) in [6, 6.07) is 3.07. The van der Waals surface area contributed by atoms with Gasteiger partial charge in [0.05, 0.1) is 43.0 Å². The van der Waals surface area contributed by atoms with Crippen molar-refractivity contribution < 1.29 is 40.4 Å². The Morgan fingerprint density at radius 3 is 2.56 bits per heavy atom. The van der Waals surface area contributed by atoms with Crippen LogP contribution in [0.3, 0.4) is 0 Å². The second-order valence-corrected chi connectivity index (χ2v) is 8.85. The first-order valence-corrected chi connectivity index (χ1v) is 11.7. The van der Waals surface area contributed by atoms with E-state index >= 15 is 0 Å². The number of likely N-dealkylation sites (tertiary alicyclic amines) is 1. The predicted octanol–water partition coefficient (Wildman–Crippen LogP) is 4.84. The van der Waals surface area contributed by atoms with Gasteiger partial charge >= 0.3 is 12.4 Å². The monoisotopic (exact) mass is 559 g/mol. The van der Waals surface area contributed by atoms with Crippen LogP contribution in [0.5, 0.6) is 5.88 Å². The number of aryl methyl sites for hydroxylation is 1. The van der Waals surface area contributed by atoms with E-state index in [0.717, 1.165) is 12.6 Å². The summed E-state index contributed by atoms with van der Waals surface area (Å²) in [7, 11) is 0. The number of pyridine rings is 1. The van der Waals surface area contributed by atoms with Crippen molar-refractivity contribution in [3.05, 3.63) is 47.7 Å². The number of alkyl halides is 6. The maximum atomic E-state index is 12.9. The lowest BCUT2D eigenvalue weighted by atomic mass is 10.1. The van der Waals surface area contributed by atoms with E-state index < -0.39 is 30.4 Å². The average Bonchev–Trinajstić information content (AvgIpc) is 3.48. The number of nitrogens with one attached hydrogen (secondary N) is 2. The molecule has 39 heavy (non-hydrogen) atoms. The molecule has 2 N–H and O–H groups in total. The van der Waals surface area contributed by atoms with Gasteiger partial charge in [-0.25, -0.2) is 15.0 Å². The van der Waals surface area contributed by atoms with Crippen molar-refractivity contribution in [3.63, 3.8) is 0 Å². The van der Waals surface area contributed by atoms with E-state index in [4.69, 9.17) is 9.26 Å². The molecule has 0 bridgehead atoms. The minimum atomic E-state index is -4.65. The molecule has 0 radical (unpaired) electrons. The Morgan fingerprint density at radius 2 is 1.92 bits per heavy atom. The van der Waals surface area contributed by atoms with Gasteiger partial charge in [-0.3, -0.25) is 4.79 Å². The van der Waals surface area contributed by atoms with Crippen LogP contribution in [-0.4, -0.2) is 63.3 Å². The third-order valence-electron chi connectivity index (χ3n) is 5.82. The molecular formula is C23H23F6N7O3. The first-order chi connectivity index (χ1) is 18.4. The standard InChI is InChI=1S/C23H23F6N7O3/c1-13-19(21(39-35-13)34-17-10-30-16(9-31-17)23(27,28)29)20(37)33-15-2-3-18(32-8-15)38-12-14-4-6-36(11-14)7-5-22(24,25)26/h2-3,8-10,14H,4-7,11-12H2,1H3,(H,31,34)(H,33,37)/t14-/m1/s1. The minimum Gasteiger partial charge on any atom is -0.477 e. The summed E-state index contributed by atoms with van der Waals surface area (Å²) in [6.45, 7) is 2.85. The van der Waals surface area contributed by atoms with Crippen LogP contribution in [0.15, 0.2) is 35.2 Å². The van der Waals surface area contributed by atoms with Crippen molar-refractivity contribution in [2.45, 2.75) is 32.1 Å². The number of ether oxygens (including phenoxy) is 1. The Bertz CT molecular complexity index is 1260. The van der Waals surface area contributed by atoms with Gasteiger partial charge in [0.15, 0.2) is 11.5 Å². The summed E-state index contributed by atoms with van der Waals surface area (Å²) >= 11 is 0. The van der Waals surface area contributed by atoms with Crippen molar-refractivity contribution in [2.24, 2.45) is 5.92 Å². The largest absolute Gasteiger partial charge is 0.477 e. The van der Waals surface area contributed by atoms with Gasteiger partial charge in [0, 0.05) is 25.1 Å². The number of aromatic nitrogens is 4. The molecule has 1 saturated heterocycles. The van der Waals surface area contributed by atoms with Crippen molar-refractivity contribution in [1.82, 2.24) is 25.0 Å². The first kappa shape index (κ1) is 28.1. The summed E-state index contributed by atoms with van der Waals surface area (Å²) in [4.78, 5) is 25.7. The summed E-state index contributed by atoms with van der Waals surface area (Å²) in [5.74, 6) is -0.506. The van der Waals surface area contributed by atoms with Gasteiger partial charge in [-0.15, -0.1) is 0 Å². The van der Waals surface area contributed by atoms with Gasteiger partial charge in [-0.05, 0) is 26.0 Å². The van der Waals surface area contributed by atoms with E-state index in [-0.39, 0.29) is 41.3 Å². The molecule has 1 fully saturated rings. The fourth-order valence-electron chi connectivity index (χ4n) is 3.85. The molecule has 1 amide bonds. The highest BCUT2D eigenvalue weighted by Gasteiger charge is 2.33. The Kier molecular flexibility index (Phi) is 8.22. The van der Waals surface area contributed by atoms with E-state index in [2.05, 4.69) is 30.7 Å². The van der Waals surface area contributed by atoms with Crippen LogP contribution in [0, 0.1) is 12.8 Å². The number of hydrogen-bond acceptors (Lipinski definition) is 9. The number of amides is 1. The molecule has 0 unspecified atom stereocenters. The van der Waals surface area contributed by atoms with Crippen LogP contribution in [0.4, 0.5) is 43.7 Å². The molecule has 10 nitrogen and oxygen atoms in total. The van der Waals surface area contributed by atoms with Gasteiger partial charge in [0.1, 0.15) is 5.56 Å². The van der Waals surface area contributed by atoms with Crippen molar-refractivity contribution in [3.8, 4) is 5.88 Å². The fourth-order valence-corrected chi connectivity index (χ4v) is 3.85. The lowest BCUT2D eigenvalue weighted by Crippen LogP contribution is -2.27. The summed E-state index contributed by atoms with van der Waals surface area (Å²) < 4.78 is 86.0. The van der Waals surface area contributed by atoms with Crippen molar-refractivity contribution in [2.75, 3.05) is 36.9 Å². The second kappa shape index (κ2) is 11.4. The number of nitrogens with zero attached hydrogens (tertiary/aromatic N) is 5. The van der Waals surface area contributed by atoms with E-state index in [0.29, 0.717) is 31.6 Å². The number of rotatable bonds is 9. The Morgan fingerprint density at radius 1 is 1.13 bits per heavy atom. The highest BCUT2D eigenvalue weighted by molar-refractivity contribution is 6.08. The van der Waals surface area contributed by atoms with E-state index in [9.17, 15) is 31.1 Å². The third kappa shape index (κ3) is 7.78. The first-order valence-electron chi connectivity index (χ1n) is 11.7. The smallest absolute Gasteiger partial charge is 0.434 e. The Balaban J connectivity index is 1.30. The second-order valence-electron chi connectivity index (χ2n) is 8.85. The maximum absolute atomic E-state index is 12.9. The third-order valence-corrected chi connectivity index (χ3v) is 5.82. The normalized spacial score (nSPS) is 16.3. The van der Waals surface area contributed by atoms with Gasteiger partial charge in [0.2, 0.25) is 11.8 Å². The van der Waals surface area contributed by atoms with Gasteiger partial charge in [-0.1, -0.05) is 5.16 Å². The molecule has 0 saturated carbocycles. The molecule has 4 rings (SSSR count). The minimum absolute atomic E-state index is 0.00617. The molecule has 1 aliphatic heterocycles. The number of anilines is 3. The molecule has 3 aromatic rings. The van der Waals surface area contributed by atoms with Crippen molar-refractivity contribution >= 4 is 23.3 Å². The van der Waals surface area contributed by atoms with Crippen LogP contribution in [0.25, 0.3) is 0 Å². The maximum Gasteiger partial charge on any atom is 0.434 e. The lowest BCUT2D eigenvalue weighted by Gasteiger charge is -2.17. The Hall–Kier alpha value is -3.95. The zero-order valence-electron chi connectivity index (χ0n) is 20.4. The van der Waals surface area contributed by atoms with Crippen LogP contribution < -0.4 is 15.4 Å². The Labute approximate surface area is 217 Å². The van der Waals surface area contributed by atoms with E-state index in [1.807, 2.05) is 0 Å². The van der Waals surface area contributed by atoms with Gasteiger partial charge < -0.3 is 24.8 Å². The predicted molar refractivity (Wildman–Crippen MR) is 124 cm³/mol. The molecule has 1 atom stereocenters.